The normalized spacial score (nSPS) is 14.6. The van der Waals surface area contributed by atoms with Gasteiger partial charge in [-0.1, -0.05) is 36.8 Å². The third kappa shape index (κ3) is 5.22. The third-order valence-corrected chi connectivity index (χ3v) is 5.05. The molecule has 0 unspecified atom stereocenters. The number of ether oxygens (including phenoxy) is 1. The molecule has 29 heavy (non-hydrogen) atoms. The first-order valence-electron chi connectivity index (χ1n) is 9.91. The number of nitrogens with zero attached hydrogens (tertiary/aromatic N) is 1. The highest BCUT2D eigenvalue weighted by molar-refractivity contribution is 5.96. The molecule has 2 amide bonds. The maximum absolute atomic E-state index is 12.2. The molecule has 2 aromatic rings. The lowest BCUT2D eigenvalue weighted by Crippen LogP contribution is -2.32. The molecule has 6 nitrogen and oxygen atoms in total. The van der Waals surface area contributed by atoms with Gasteiger partial charge in [0.2, 0.25) is 5.91 Å². The Morgan fingerprint density at radius 2 is 1.79 bits per heavy atom. The van der Waals surface area contributed by atoms with Crippen molar-refractivity contribution < 1.29 is 19.1 Å². The highest BCUT2D eigenvalue weighted by Crippen LogP contribution is 2.22. The Balaban J connectivity index is 1.52. The first-order chi connectivity index (χ1) is 14.0. The lowest BCUT2D eigenvalue weighted by atomic mass is 10.0. The molecule has 1 atom stereocenters. The summed E-state index contributed by atoms with van der Waals surface area (Å²) in [5.74, 6) is -0.816. The van der Waals surface area contributed by atoms with Crippen LogP contribution < -0.4 is 10.2 Å². The van der Waals surface area contributed by atoms with E-state index in [0.29, 0.717) is 18.5 Å². The largest absolute Gasteiger partial charge is 0.452 e. The van der Waals surface area contributed by atoms with E-state index in [4.69, 9.17) is 4.74 Å². The van der Waals surface area contributed by atoms with E-state index in [2.05, 4.69) is 5.32 Å². The summed E-state index contributed by atoms with van der Waals surface area (Å²) >= 11 is 0. The summed E-state index contributed by atoms with van der Waals surface area (Å²) in [6.07, 6.45) is 2.14. The van der Waals surface area contributed by atoms with Crippen molar-refractivity contribution in [3.8, 4) is 0 Å². The Bertz CT molecular complexity index is 875. The number of carbonyl (C=O) groups excluding carboxylic acids is 3. The summed E-state index contributed by atoms with van der Waals surface area (Å²) in [5, 5.41) is 2.90. The number of hydrogen-bond donors (Lipinski definition) is 1. The Hall–Kier alpha value is -3.15. The minimum atomic E-state index is -0.567. The van der Waals surface area contributed by atoms with E-state index < -0.39 is 5.97 Å². The highest BCUT2D eigenvalue weighted by Gasteiger charge is 2.22. The van der Waals surface area contributed by atoms with Crippen molar-refractivity contribution in [3.05, 3.63) is 65.2 Å². The molecule has 152 valence electrons. The molecule has 0 aromatic heterocycles. The second kappa shape index (κ2) is 9.37. The van der Waals surface area contributed by atoms with Gasteiger partial charge in [0.15, 0.2) is 6.61 Å². The molecule has 1 aliphatic rings. The summed E-state index contributed by atoms with van der Waals surface area (Å²) in [6, 6.07) is 14.5. The van der Waals surface area contributed by atoms with Crippen molar-refractivity contribution in [3.63, 3.8) is 0 Å². The van der Waals surface area contributed by atoms with Crippen molar-refractivity contribution in [2.75, 3.05) is 18.1 Å². The van der Waals surface area contributed by atoms with Gasteiger partial charge < -0.3 is 15.0 Å². The number of esters is 1. The molecule has 0 saturated carbocycles. The fraction of sp³-hybridized carbons (Fsp3) is 0.348. The lowest BCUT2D eigenvalue weighted by Gasteiger charge is -2.18. The van der Waals surface area contributed by atoms with Gasteiger partial charge in [-0.15, -0.1) is 0 Å². The van der Waals surface area contributed by atoms with Crippen molar-refractivity contribution in [1.29, 1.82) is 0 Å². The van der Waals surface area contributed by atoms with Gasteiger partial charge in [-0.25, -0.2) is 4.79 Å². The van der Waals surface area contributed by atoms with Crippen LogP contribution in [0.1, 0.15) is 53.7 Å². The average Bonchev–Trinajstić information content (AvgIpc) is 3.17. The number of carbonyl (C=O) groups is 3. The smallest absolute Gasteiger partial charge is 0.338 e. The molecule has 0 aliphatic carbocycles. The zero-order valence-corrected chi connectivity index (χ0v) is 16.8. The Morgan fingerprint density at radius 3 is 2.38 bits per heavy atom. The maximum atomic E-state index is 12.2. The molecule has 2 aromatic carbocycles. The first kappa shape index (κ1) is 20.6. The molecule has 1 saturated heterocycles. The Labute approximate surface area is 170 Å². The Morgan fingerprint density at radius 1 is 1.10 bits per heavy atom. The van der Waals surface area contributed by atoms with Gasteiger partial charge in [0.25, 0.3) is 5.91 Å². The van der Waals surface area contributed by atoms with Gasteiger partial charge in [0.05, 0.1) is 11.6 Å². The van der Waals surface area contributed by atoms with Gasteiger partial charge in [0, 0.05) is 18.7 Å². The van der Waals surface area contributed by atoms with E-state index in [1.165, 1.54) is 0 Å². The van der Waals surface area contributed by atoms with Gasteiger partial charge in [-0.05, 0) is 49.6 Å². The minimum absolute atomic E-state index is 0.0936. The number of hydrogen-bond acceptors (Lipinski definition) is 4. The molecule has 0 spiro atoms. The van der Waals surface area contributed by atoms with Crippen LogP contribution >= 0.6 is 0 Å². The molecule has 1 N–H and O–H groups in total. The van der Waals surface area contributed by atoms with E-state index in [0.717, 1.165) is 29.7 Å². The van der Waals surface area contributed by atoms with Gasteiger partial charge >= 0.3 is 5.97 Å². The zero-order chi connectivity index (χ0) is 20.8. The van der Waals surface area contributed by atoms with Crippen LogP contribution in [0.25, 0.3) is 0 Å². The summed E-state index contributed by atoms with van der Waals surface area (Å²) in [7, 11) is 0. The SMILES string of the molecule is CC[C@H](NC(=O)COC(=O)c1ccc(N2CCCC2=O)cc1)c1ccc(C)cc1. The third-order valence-electron chi connectivity index (χ3n) is 5.05. The van der Waals surface area contributed by atoms with Crippen molar-refractivity contribution >= 4 is 23.5 Å². The van der Waals surface area contributed by atoms with Crippen LogP contribution in [0.4, 0.5) is 5.69 Å². The number of rotatable bonds is 7. The fourth-order valence-corrected chi connectivity index (χ4v) is 3.37. The molecule has 6 heteroatoms. The molecule has 0 bridgehead atoms. The van der Waals surface area contributed by atoms with E-state index in [1.807, 2.05) is 38.1 Å². The molecule has 3 rings (SSSR count). The molecular weight excluding hydrogens is 368 g/mol. The number of amides is 2. The van der Waals surface area contributed by atoms with E-state index >= 15 is 0 Å². The minimum Gasteiger partial charge on any atom is -0.452 e. The molecule has 1 fully saturated rings. The zero-order valence-electron chi connectivity index (χ0n) is 16.8. The van der Waals surface area contributed by atoms with Gasteiger partial charge in [0.1, 0.15) is 0 Å². The summed E-state index contributed by atoms with van der Waals surface area (Å²) < 4.78 is 5.15. The topological polar surface area (TPSA) is 75.7 Å². The number of anilines is 1. The number of aryl methyl sites for hydroxylation is 1. The van der Waals surface area contributed by atoms with E-state index in [-0.39, 0.29) is 24.5 Å². The van der Waals surface area contributed by atoms with Crippen LogP contribution in [-0.2, 0) is 14.3 Å². The molecular formula is C23H26N2O4. The Kier molecular flexibility index (Phi) is 6.65. The summed E-state index contributed by atoms with van der Waals surface area (Å²) in [5.41, 5.74) is 3.29. The molecule has 1 aliphatic heterocycles. The van der Waals surface area contributed by atoms with Crippen LogP contribution in [0.3, 0.4) is 0 Å². The van der Waals surface area contributed by atoms with E-state index in [9.17, 15) is 14.4 Å². The van der Waals surface area contributed by atoms with Crippen molar-refractivity contribution in [1.82, 2.24) is 5.32 Å². The van der Waals surface area contributed by atoms with Crippen molar-refractivity contribution in [2.24, 2.45) is 0 Å². The summed E-state index contributed by atoms with van der Waals surface area (Å²) in [4.78, 5) is 37.9. The van der Waals surface area contributed by atoms with E-state index in [1.54, 1.807) is 29.2 Å². The predicted octanol–water partition coefficient (Wildman–Crippen LogP) is 3.55. The lowest BCUT2D eigenvalue weighted by molar-refractivity contribution is -0.125. The quantitative estimate of drug-likeness (QED) is 0.729. The fourth-order valence-electron chi connectivity index (χ4n) is 3.37. The molecule has 0 radical (unpaired) electrons. The van der Waals surface area contributed by atoms with Crippen LogP contribution in [0, 0.1) is 6.92 Å². The van der Waals surface area contributed by atoms with Crippen LogP contribution in [0.2, 0.25) is 0 Å². The summed E-state index contributed by atoms with van der Waals surface area (Å²) in [6.45, 7) is 4.36. The second-order valence-electron chi connectivity index (χ2n) is 7.21. The number of benzene rings is 2. The predicted molar refractivity (Wildman–Crippen MR) is 111 cm³/mol. The standard InChI is InChI=1S/C23H26N2O4/c1-3-20(17-8-6-16(2)7-9-17)24-21(26)15-29-23(28)18-10-12-19(13-11-18)25-14-4-5-22(25)27/h6-13,20H,3-5,14-15H2,1-2H3,(H,24,26)/t20-/m0/s1. The van der Waals surface area contributed by atoms with Gasteiger partial charge in [-0.2, -0.15) is 0 Å². The highest BCUT2D eigenvalue weighted by atomic mass is 16.5. The number of nitrogens with one attached hydrogen (secondary N) is 1. The second-order valence-corrected chi connectivity index (χ2v) is 7.21. The van der Waals surface area contributed by atoms with Gasteiger partial charge in [-0.3, -0.25) is 9.59 Å². The first-order valence-corrected chi connectivity index (χ1v) is 9.91. The average molecular weight is 394 g/mol. The van der Waals surface area contributed by atoms with Crippen molar-refractivity contribution in [2.45, 2.75) is 39.2 Å². The monoisotopic (exact) mass is 394 g/mol. The maximum Gasteiger partial charge on any atom is 0.338 e. The van der Waals surface area contributed by atoms with Crippen LogP contribution in [0.15, 0.2) is 48.5 Å². The molecule has 1 heterocycles. The van der Waals surface area contributed by atoms with Crippen LogP contribution in [-0.4, -0.2) is 30.9 Å². The van der Waals surface area contributed by atoms with Crippen LogP contribution in [0.5, 0.6) is 0 Å².